The molecule has 4 aromatic rings. The van der Waals surface area contributed by atoms with Gasteiger partial charge in [-0.15, -0.1) is 0 Å². The number of carbonyl (C=O) groups is 1. The molecule has 1 aliphatic rings. The molecule has 6 nitrogen and oxygen atoms in total. The number of benzene rings is 2. The van der Waals surface area contributed by atoms with E-state index in [1.54, 1.807) is 18.2 Å². The summed E-state index contributed by atoms with van der Waals surface area (Å²) in [6.07, 6.45) is 1.70. The van der Waals surface area contributed by atoms with Gasteiger partial charge in [-0.3, -0.25) is 4.79 Å². The first-order chi connectivity index (χ1) is 14.2. The quantitative estimate of drug-likeness (QED) is 0.421. The normalized spacial score (nSPS) is 15.4. The fraction of sp³-hybridized carbons (Fsp3) is 0.286. The van der Waals surface area contributed by atoms with E-state index < -0.39 is 0 Å². The largest absolute Gasteiger partial charge is 0.440 e. The molecule has 2 aromatic heterocycles. The lowest BCUT2D eigenvalue weighted by Crippen LogP contribution is -2.39. The number of amides is 1. The van der Waals surface area contributed by atoms with E-state index in [1.807, 2.05) is 29.2 Å². The lowest BCUT2D eigenvalue weighted by atomic mass is 9.97. The van der Waals surface area contributed by atoms with Crippen LogP contribution in [0.4, 0.5) is 0 Å². The van der Waals surface area contributed by atoms with Crippen molar-refractivity contribution in [2.24, 2.45) is 0 Å². The second kappa shape index (κ2) is 7.72. The highest BCUT2D eigenvalue weighted by Gasteiger charge is 2.27. The topological polar surface area (TPSA) is 72.4 Å². The van der Waals surface area contributed by atoms with Gasteiger partial charge in [0.15, 0.2) is 17.1 Å². The first kappa shape index (κ1) is 18.5. The van der Waals surface area contributed by atoms with Crippen molar-refractivity contribution < 1.29 is 13.6 Å². The Hall–Kier alpha value is -2.51. The van der Waals surface area contributed by atoms with E-state index in [0.29, 0.717) is 40.2 Å². The van der Waals surface area contributed by atoms with Gasteiger partial charge < -0.3 is 13.7 Å². The van der Waals surface area contributed by atoms with Gasteiger partial charge in [0, 0.05) is 24.0 Å². The highest BCUT2D eigenvalue weighted by atomic mass is 35.5. The van der Waals surface area contributed by atoms with Crippen molar-refractivity contribution in [3.8, 4) is 0 Å². The molecule has 0 saturated carbocycles. The van der Waals surface area contributed by atoms with Gasteiger partial charge in [0.1, 0.15) is 11.0 Å². The van der Waals surface area contributed by atoms with Gasteiger partial charge in [-0.2, -0.15) is 0 Å². The number of nitrogens with zero attached hydrogens (tertiary/aromatic N) is 3. The van der Waals surface area contributed by atoms with Crippen LogP contribution in [0.5, 0.6) is 0 Å². The molecule has 2 aromatic carbocycles. The summed E-state index contributed by atoms with van der Waals surface area (Å²) < 4.78 is 11.6. The maximum atomic E-state index is 12.6. The molecule has 1 aliphatic heterocycles. The van der Waals surface area contributed by atoms with Crippen molar-refractivity contribution >= 4 is 51.5 Å². The fourth-order valence-corrected chi connectivity index (χ4v) is 4.50. The maximum absolute atomic E-state index is 12.6. The number of piperidine rings is 1. The first-order valence-corrected chi connectivity index (χ1v) is 10.8. The molecule has 0 atom stereocenters. The number of likely N-dealkylation sites (tertiary alicyclic amines) is 1. The van der Waals surface area contributed by atoms with Crippen LogP contribution < -0.4 is 0 Å². The molecule has 1 saturated heterocycles. The highest BCUT2D eigenvalue weighted by molar-refractivity contribution is 7.99. The van der Waals surface area contributed by atoms with E-state index in [0.717, 1.165) is 29.8 Å². The Kier molecular flexibility index (Phi) is 4.93. The molecule has 1 amide bonds. The minimum atomic E-state index is 0.0892. The van der Waals surface area contributed by atoms with E-state index in [-0.39, 0.29) is 11.8 Å². The summed E-state index contributed by atoms with van der Waals surface area (Å²) in [5, 5.41) is 1.09. The van der Waals surface area contributed by atoms with Gasteiger partial charge in [-0.05, 0) is 43.2 Å². The van der Waals surface area contributed by atoms with Crippen LogP contribution in [0.1, 0.15) is 24.7 Å². The van der Waals surface area contributed by atoms with Gasteiger partial charge in [0.2, 0.25) is 5.91 Å². The van der Waals surface area contributed by atoms with Crippen molar-refractivity contribution in [3.05, 3.63) is 53.4 Å². The maximum Gasteiger partial charge on any atom is 0.257 e. The van der Waals surface area contributed by atoms with Crippen LogP contribution in [0.25, 0.3) is 22.2 Å². The molecular formula is C21H18ClN3O3S. The van der Waals surface area contributed by atoms with Crippen molar-refractivity contribution in [2.45, 2.75) is 24.0 Å². The first-order valence-electron chi connectivity index (χ1n) is 9.48. The van der Waals surface area contributed by atoms with Gasteiger partial charge in [-0.25, -0.2) is 9.97 Å². The Morgan fingerprint density at radius 3 is 2.69 bits per heavy atom. The fourth-order valence-electron chi connectivity index (χ4n) is 3.60. The van der Waals surface area contributed by atoms with E-state index in [4.69, 9.17) is 20.4 Å². The second-order valence-electron chi connectivity index (χ2n) is 7.06. The van der Waals surface area contributed by atoms with Crippen LogP contribution in [0.15, 0.2) is 56.5 Å². The zero-order chi connectivity index (χ0) is 19.8. The van der Waals surface area contributed by atoms with E-state index in [1.165, 1.54) is 11.8 Å². The van der Waals surface area contributed by atoms with Crippen LogP contribution in [-0.4, -0.2) is 39.6 Å². The number of hydrogen-bond donors (Lipinski definition) is 0. The number of hydrogen-bond acceptors (Lipinski definition) is 6. The Balaban J connectivity index is 1.17. The predicted molar refractivity (Wildman–Crippen MR) is 112 cm³/mol. The zero-order valence-corrected chi connectivity index (χ0v) is 17.1. The minimum absolute atomic E-state index is 0.0892. The van der Waals surface area contributed by atoms with Gasteiger partial charge in [0.25, 0.3) is 5.22 Å². The van der Waals surface area contributed by atoms with Crippen molar-refractivity contribution in [1.82, 2.24) is 14.9 Å². The molecule has 29 heavy (non-hydrogen) atoms. The third kappa shape index (κ3) is 3.84. The summed E-state index contributed by atoms with van der Waals surface area (Å²) in [6, 6.07) is 13.1. The van der Waals surface area contributed by atoms with Gasteiger partial charge >= 0.3 is 0 Å². The third-order valence-corrected chi connectivity index (χ3v) is 6.20. The Morgan fingerprint density at radius 1 is 1.07 bits per heavy atom. The molecule has 0 bridgehead atoms. The number of para-hydroxylation sites is 2. The number of halogens is 1. The predicted octanol–water partition coefficient (Wildman–Crippen LogP) is 5.12. The number of thioether (sulfide) groups is 1. The SMILES string of the molecule is O=C(CSc1nc2cc(Cl)ccc2o1)N1CCC(c2nc3ccccc3o2)CC1. The number of oxazole rings is 2. The Labute approximate surface area is 176 Å². The lowest BCUT2D eigenvalue weighted by Gasteiger charge is -2.30. The number of aromatic nitrogens is 2. The average Bonchev–Trinajstić information content (AvgIpc) is 3.35. The molecule has 5 rings (SSSR count). The summed E-state index contributed by atoms with van der Waals surface area (Å²) in [5.41, 5.74) is 3.07. The summed E-state index contributed by atoms with van der Waals surface area (Å²) in [4.78, 5) is 23.5. The molecule has 0 aliphatic carbocycles. The molecular weight excluding hydrogens is 410 g/mol. The molecule has 0 radical (unpaired) electrons. The molecule has 0 unspecified atom stereocenters. The van der Waals surface area contributed by atoms with Crippen molar-refractivity contribution in [2.75, 3.05) is 18.8 Å². The summed E-state index contributed by atoms with van der Waals surface area (Å²) in [7, 11) is 0. The standard InChI is InChI=1S/C21H18ClN3O3S/c22-14-5-6-18-16(11-14)24-21(28-18)29-12-19(26)25-9-7-13(8-10-25)20-23-15-3-1-2-4-17(15)27-20/h1-6,11,13H,7-10,12H2. The monoisotopic (exact) mass is 427 g/mol. The minimum Gasteiger partial charge on any atom is -0.440 e. The van der Waals surface area contributed by atoms with E-state index in [9.17, 15) is 4.79 Å². The highest BCUT2D eigenvalue weighted by Crippen LogP contribution is 2.31. The number of carbonyl (C=O) groups excluding carboxylic acids is 1. The Morgan fingerprint density at radius 2 is 1.86 bits per heavy atom. The summed E-state index contributed by atoms with van der Waals surface area (Å²) >= 11 is 7.29. The summed E-state index contributed by atoms with van der Waals surface area (Å²) in [5.74, 6) is 1.42. The average molecular weight is 428 g/mol. The van der Waals surface area contributed by atoms with E-state index >= 15 is 0 Å². The van der Waals surface area contributed by atoms with Crippen LogP contribution in [-0.2, 0) is 4.79 Å². The van der Waals surface area contributed by atoms with Crippen LogP contribution >= 0.6 is 23.4 Å². The van der Waals surface area contributed by atoms with Gasteiger partial charge in [0.05, 0.1) is 5.75 Å². The van der Waals surface area contributed by atoms with Crippen LogP contribution in [0.3, 0.4) is 0 Å². The van der Waals surface area contributed by atoms with Crippen molar-refractivity contribution in [3.63, 3.8) is 0 Å². The molecule has 8 heteroatoms. The second-order valence-corrected chi connectivity index (χ2v) is 8.42. The van der Waals surface area contributed by atoms with Crippen LogP contribution in [0.2, 0.25) is 5.02 Å². The van der Waals surface area contributed by atoms with Gasteiger partial charge in [-0.1, -0.05) is 35.5 Å². The smallest absolute Gasteiger partial charge is 0.257 e. The third-order valence-electron chi connectivity index (χ3n) is 5.16. The summed E-state index contributed by atoms with van der Waals surface area (Å²) in [6.45, 7) is 1.40. The molecule has 3 heterocycles. The van der Waals surface area contributed by atoms with E-state index in [2.05, 4.69) is 9.97 Å². The Bertz CT molecular complexity index is 1150. The number of fused-ring (bicyclic) bond motifs is 2. The molecule has 1 fully saturated rings. The lowest BCUT2D eigenvalue weighted by molar-refractivity contribution is -0.129. The molecule has 148 valence electrons. The molecule has 0 N–H and O–H groups in total. The van der Waals surface area contributed by atoms with Crippen LogP contribution in [0, 0.1) is 0 Å². The number of rotatable bonds is 4. The zero-order valence-electron chi connectivity index (χ0n) is 15.5. The van der Waals surface area contributed by atoms with Crippen molar-refractivity contribution in [1.29, 1.82) is 0 Å². The molecule has 0 spiro atoms.